The maximum atomic E-state index is 5.05. The van der Waals surface area contributed by atoms with Gasteiger partial charge >= 0.3 is 0 Å². The lowest BCUT2D eigenvalue weighted by atomic mass is 9.81. The molecule has 0 N–H and O–H groups in total. The Morgan fingerprint density at radius 1 is 0.426 bits per heavy atom. The van der Waals surface area contributed by atoms with Crippen molar-refractivity contribution in [3.05, 3.63) is 157 Å². The molecule has 0 fully saturated rings. The highest BCUT2D eigenvalue weighted by Gasteiger charge is 2.35. The van der Waals surface area contributed by atoms with Crippen molar-refractivity contribution in [1.82, 2.24) is 19.9 Å². The van der Waals surface area contributed by atoms with Crippen molar-refractivity contribution in [3.8, 4) is 56.4 Å². The standard InChI is InChI=1S/C43H30N4/c1-43(2)38-16-7-6-15-35(38)37-24-30-18-17-29-23-32(19-20-34(29)36(30)25-39(37)43)42-46-40(27-10-4-3-5-11-27)45-41(47-42)31-13-8-12-28(22-31)33-14-9-21-44-26-33/h3-26H,1-2H3. The number of hydrogen-bond acceptors (Lipinski definition) is 4. The van der Waals surface area contributed by atoms with Crippen LogP contribution in [0.2, 0.25) is 0 Å². The van der Waals surface area contributed by atoms with Gasteiger partial charge in [0.2, 0.25) is 0 Å². The average molecular weight is 603 g/mol. The summed E-state index contributed by atoms with van der Waals surface area (Å²) >= 11 is 0. The largest absolute Gasteiger partial charge is 0.264 e. The Kier molecular flexibility index (Phi) is 6.12. The third-order valence-corrected chi connectivity index (χ3v) is 9.58. The van der Waals surface area contributed by atoms with Gasteiger partial charge < -0.3 is 0 Å². The molecular weight excluding hydrogens is 573 g/mol. The van der Waals surface area contributed by atoms with Crippen molar-refractivity contribution < 1.29 is 0 Å². The van der Waals surface area contributed by atoms with Crippen LogP contribution in [-0.4, -0.2) is 19.9 Å². The normalized spacial score (nSPS) is 13.1. The van der Waals surface area contributed by atoms with Gasteiger partial charge in [0.25, 0.3) is 0 Å². The molecule has 8 aromatic rings. The predicted molar refractivity (Wildman–Crippen MR) is 192 cm³/mol. The summed E-state index contributed by atoms with van der Waals surface area (Å²) in [7, 11) is 0. The molecule has 2 heterocycles. The van der Waals surface area contributed by atoms with Gasteiger partial charge in [-0.05, 0) is 79.7 Å². The zero-order valence-corrected chi connectivity index (χ0v) is 26.1. The van der Waals surface area contributed by atoms with Crippen molar-refractivity contribution in [3.63, 3.8) is 0 Å². The van der Waals surface area contributed by atoms with E-state index in [1.165, 1.54) is 38.4 Å². The Morgan fingerprint density at radius 3 is 1.87 bits per heavy atom. The second-order valence-corrected chi connectivity index (χ2v) is 12.8. The highest BCUT2D eigenvalue weighted by atomic mass is 15.0. The Labute approximate surface area is 273 Å². The van der Waals surface area contributed by atoms with Crippen LogP contribution in [-0.2, 0) is 5.41 Å². The second kappa shape index (κ2) is 10.5. The summed E-state index contributed by atoms with van der Waals surface area (Å²) in [4.78, 5) is 19.3. The fourth-order valence-electron chi connectivity index (χ4n) is 7.12. The molecule has 0 aliphatic heterocycles. The quantitative estimate of drug-likeness (QED) is 0.188. The summed E-state index contributed by atoms with van der Waals surface area (Å²) in [5.41, 5.74) is 10.3. The van der Waals surface area contributed by atoms with Gasteiger partial charge in [0, 0.05) is 40.1 Å². The first-order valence-electron chi connectivity index (χ1n) is 16.0. The van der Waals surface area contributed by atoms with Gasteiger partial charge in [-0.2, -0.15) is 0 Å². The number of hydrogen-bond donors (Lipinski definition) is 0. The van der Waals surface area contributed by atoms with Crippen molar-refractivity contribution in [2.24, 2.45) is 0 Å². The van der Waals surface area contributed by atoms with Gasteiger partial charge in [-0.25, -0.2) is 15.0 Å². The molecule has 0 saturated heterocycles. The first-order valence-corrected chi connectivity index (χ1v) is 16.0. The smallest absolute Gasteiger partial charge is 0.164 e. The van der Waals surface area contributed by atoms with Crippen molar-refractivity contribution in [1.29, 1.82) is 0 Å². The fourth-order valence-corrected chi connectivity index (χ4v) is 7.12. The first kappa shape index (κ1) is 27.3. The van der Waals surface area contributed by atoms with E-state index >= 15 is 0 Å². The minimum atomic E-state index is -0.0499. The minimum Gasteiger partial charge on any atom is -0.264 e. The molecule has 47 heavy (non-hydrogen) atoms. The van der Waals surface area contributed by atoms with E-state index in [2.05, 4.69) is 110 Å². The van der Waals surface area contributed by atoms with E-state index in [0.717, 1.165) is 33.2 Å². The molecular formula is C43H30N4. The van der Waals surface area contributed by atoms with E-state index < -0.39 is 0 Å². The molecule has 222 valence electrons. The Balaban J connectivity index is 1.19. The summed E-state index contributed by atoms with van der Waals surface area (Å²) in [5, 5.41) is 4.90. The third-order valence-electron chi connectivity index (χ3n) is 9.58. The van der Waals surface area contributed by atoms with E-state index in [1.54, 1.807) is 6.20 Å². The lowest BCUT2D eigenvalue weighted by molar-refractivity contribution is 0.661. The maximum absolute atomic E-state index is 5.05. The molecule has 0 bridgehead atoms. The second-order valence-electron chi connectivity index (χ2n) is 12.8. The highest BCUT2D eigenvalue weighted by molar-refractivity contribution is 6.10. The topological polar surface area (TPSA) is 51.6 Å². The molecule has 0 saturated carbocycles. The van der Waals surface area contributed by atoms with Crippen LogP contribution in [0.15, 0.2) is 146 Å². The summed E-state index contributed by atoms with van der Waals surface area (Å²) in [5.74, 6) is 1.93. The number of pyridine rings is 1. The first-order chi connectivity index (χ1) is 23.0. The van der Waals surface area contributed by atoms with E-state index in [0.29, 0.717) is 17.5 Å². The molecule has 1 aliphatic rings. The Hall–Kier alpha value is -6.00. The summed E-state index contributed by atoms with van der Waals surface area (Å²) < 4.78 is 0. The molecule has 9 rings (SSSR count). The van der Waals surface area contributed by atoms with Gasteiger partial charge in [0.05, 0.1) is 0 Å². The SMILES string of the molecule is CC1(C)c2ccccc2-c2cc3ccc4cc(-c5nc(-c6ccccc6)nc(-c6cccc(-c7cccnc7)c6)n5)ccc4c3cc21. The molecule has 0 spiro atoms. The van der Waals surface area contributed by atoms with E-state index in [1.807, 2.05) is 48.7 Å². The van der Waals surface area contributed by atoms with Crippen molar-refractivity contribution >= 4 is 21.5 Å². The zero-order chi connectivity index (χ0) is 31.5. The van der Waals surface area contributed by atoms with Crippen LogP contribution in [0.1, 0.15) is 25.0 Å². The zero-order valence-electron chi connectivity index (χ0n) is 26.1. The van der Waals surface area contributed by atoms with Crippen LogP contribution < -0.4 is 0 Å². The number of rotatable bonds is 4. The van der Waals surface area contributed by atoms with Crippen molar-refractivity contribution in [2.75, 3.05) is 0 Å². The molecule has 0 amide bonds. The van der Waals surface area contributed by atoms with Crippen LogP contribution in [0, 0.1) is 0 Å². The van der Waals surface area contributed by atoms with E-state index in [4.69, 9.17) is 15.0 Å². The molecule has 4 heteroatoms. The lowest BCUT2D eigenvalue weighted by Gasteiger charge is -2.22. The summed E-state index contributed by atoms with van der Waals surface area (Å²) in [6.07, 6.45) is 3.66. The van der Waals surface area contributed by atoms with Gasteiger partial charge in [0.1, 0.15) is 0 Å². The predicted octanol–water partition coefficient (Wildman–Crippen LogP) is 10.5. The molecule has 4 nitrogen and oxygen atoms in total. The van der Waals surface area contributed by atoms with Crippen molar-refractivity contribution in [2.45, 2.75) is 19.3 Å². The number of aromatic nitrogens is 4. The van der Waals surface area contributed by atoms with Crippen LogP contribution >= 0.6 is 0 Å². The van der Waals surface area contributed by atoms with Gasteiger partial charge in [-0.1, -0.05) is 117 Å². The lowest BCUT2D eigenvalue weighted by Crippen LogP contribution is -2.14. The van der Waals surface area contributed by atoms with Crippen LogP contribution in [0.25, 0.3) is 78.0 Å². The molecule has 2 aromatic heterocycles. The Bertz CT molecular complexity index is 2480. The van der Waals surface area contributed by atoms with Gasteiger partial charge in [-0.3, -0.25) is 4.98 Å². The average Bonchev–Trinajstić information content (AvgIpc) is 3.36. The minimum absolute atomic E-state index is 0.0499. The van der Waals surface area contributed by atoms with E-state index in [9.17, 15) is 0 Å². The fraction of sp³-hybridized carbons (Fsp3) is 0.0698. The summed E-state index contributed by atoms with van der Waals surface area (Å²) in [6, 6.07) is 47.1. The highest BCUT2D eigenvalue weighted by Crippen LogP contribution is 2.50. The Morgan fingerprint density at radius 2 is 1.09 bits per heavy atom. The molecule has 0 atom stereocenters. The number of nitrogens with zero attached hydrogens (tertiary/aromatic N) is 4. The summed E-state index contributed by atoms with van der Waals surface area (Å²) in [6.45, 7) is 4.67. The molecule has 0 unspecified atom stereocenters. The molecule has 0 radical (unpaired) electrons. The van der Waals surface area contributed by atoms with Gasteiger partial charge in [-0.15, -0.1) is 0 Å². The van der Waals surface area contributed by atoms with E-state index in [-0.39, 0.29) is 5.41 Å². The molecule has 1 aliphatic carbocycles. The monoisotopic (exact) mass is 602 g/mol. The van der Waals surface area contributed by atoms with Gasteiger partial charge in [0.15, 0.2) is 17.5 Å². The number of benzene rings is 6. The third kappa shape index (κ3) is 4.52. The number of fused-ring (bicyclic) bond motifs is 6. The van der Waals surface area contributed by atoms with Crippen LogP contribution in [0.3, 0.4) is 0 Å². The molecule has 6 aromatic carbocycles. The van der Waals surface area contributed by atoms with Crippen LogP contribution in [0.4, 0.5) is 0 Å². The van der Waals surface area contributed by atoms with Crippen LogP contribution in [0.5, 0.6) is 0 Å². The maximum Gasteiger partial charge on any atom is 0.164 e.